The SMILES string of the molecule is COc1cc(OC)c([C@H](N)CCO)c(OC)c1.Cl. The maximum atomic E-state index is 8.94. The Bertz CT molecular complexity index is 348. The highest BCUT2D eigenvalue weighted by Crippen LogP contribution is 2.38. The van der Waals surface area contributed by atoms with Gasteiger partial charge in [-0.15, -0.1) is 12.4 Å². The summed E-state index contributed by atoms with van der Waals surface area (Å²) in [5.41, 5.74) is 6.73. The molecule has 0 heterocycles. The van der Waals surface area contributed by atoms with Crippen molar-refractivity contribution in [2.24, 2.45) is 5.73 Å². The molecule has 0 saturated carbocycles. The number of methoxy groups -OCH3 is 3. The van der Waals surface area contributed by atoms with Crippen LogP contribution < -0.4 is 19.9 Å². The quantitative estimate of drug-likeness (QED) is 0.825. The van der Waals surface area contributed by atoms with Crippen LogP contribution in [-0.2, 0) is 0 Å². The molecule has 0 fully saturated rings. The molecule has 0 amide bonds. The summed E-state index contributed by atoms with van der Waals surface area (Å²) in [7, 11) is 4.69. The van der Waals surface area contributed by atoms with Gasteiger partial charge in [-0.1, -0.05) is 0 Å². The smallest absolute Gasteiger partial charge is 0.131 e. The largest absolute Gasteiger partial charge is 0.496 e. The second-order valence-corrected chi connectivity index (χ2v) is 3.56. The number of halogens is 1. The molecule has 1 atom stereocenters. The van der Waals surface area contributed by atoms with Crippen LogP contribution in [0.5, 0.6) is 17.2 Å². The minimum atomic E-state index is -0.337. The van der Waals surface area contributed by atoms with Gasteiger partial charge in [-0.2, -0.15) is 0 Å². The molecule has 3 N–H and O–H groups in total. The molecule has 1 aromatic carbocycles. The number of nitrogens with two attached hydrogens (primary N) is 1. The molecule has 0 aliphatic rings. The van der Waals surface area contributed by atoms with Crippen LogP contribution in [0.1, 0.15) is 18.0 Å². The van der Waals surface area contributed by atoms with Crippen LogP contribution in [-0.4, -0.2) is 33.0 Å². The Morgan fingerprint density at radius 3 is 1.94 bits per heavy atom. The van der Waals surface area contributed by atoms with E-state index in [0.717, 1.165) is 5.56 Å². The zero-order chi connectivity index (χ0) is 12.8. The fourth-order valence-electron chi connectivity index (χ4n) is 1.68. The highest BCUT2D eigenvalue weighted by Gasteiger charge is 2.19. The molecule has 5 nitrogen and oxygen atoms in total. The number of aliphatic hydroxyl groups is 1. The molecule has 6 heteroatoms. The number of hydrogen-bond acceptors (Lipinski definition) is 5. The molecule has 1 aromatic rings. The van der Waals surface area contributed by atoms with Gasteiger partial charge in [0.25, 0.3) is 0 Å². The Hall–Kier alpha value is -1.17. The third-order valence-electron chi connectivity index (χ3n) is 2.56. The summed E-state index contributed by atoms with van der Waals surface area (Å²) in [6.45, 7) is 0.0134. The van der Waals surface area contributed by atoms with E-state index in [1.54, 1.807) is 33.5 Å². The minimum Gasteiger partial charge on any atom is -0.496 e. The lowest BCUT2D eigenvalue weighted by Gasteiger charge is -2.19. The lowest BCUT2D eigenvalue weighted by molar-refractivity contribution is 0.273. The molecule has 1 rings (SSSR count). The topological polar surface area (TPSA) is 73.9 Å². The van der Waals surface area contributed by atoms with Crippen molar-refractivity contribution in [1.29, 1.82) is 0 Å². The molecule has 18 heavy (non-hydrogen) atoms. The van der Waals surface area contributed by atoms with E-state index in [4.69, 9.17) is 25.1 Å². The lowest BCUT2D eigenvalue weighted by Crippen LogP contribution is -2.14. The number of rotatable bonds is 6. The standard InChI is InChI=1S/C12H19NO4.ClH/c1-15-8-6-10(16-2)12(9(13)4-5-14)11(7-8)17-3;/h6-7,9,14H,4-5,13H2,1-3H3;1H/t9-;/m1./s1. The van der Waals surface area contributed by atoms with Crippen LogP contribution in [0.15, 0.2) is 12.1 Å². The normalized spacial score (nSPS) is 11.4. The Kier molecular flexibility index (Phi) is 7.50. The first-order valence-corrected chi connectivity index (χ1v) is 5.34. The highest BCUT2D eigenvalue weighted by molar-refractivity contribution is 5.85. The van der Waals surface area contributed by atoms with Gasteiger partial charge >= 0.3 is 0 Å². The van der Waals surface area contributed by atoms with Crippen molar-refractivity contribution in [2.75, 3.05) is 27.9 Å². The zero-order valence-electron chi connectivity index (χ0n) is 10.8. The summed E-state index contributed by atoms with van der Waals surface area (Å²) in [4.78, 5) is 0. The average molecular weight is 278 g/mol. The number of hydrogen-bond donors (Lipinski definition) is 2. The number of ether oxygens (including phenoxy) is 3. The first-order chi connectivity index (χ1) is 8.17. The molecule has 0 unspecified atom stereocenters. The third kappa shape index (κ3) is 3.66. The van der Waals surface area contributed by atoms with E-state index in [-0.39, 0.29) is 25.1 Å². The van der Waals surface area contributed by atoms with Crippen molar-refractivity contribution in [1.82, 2.24) is 0 Å². The predicted molar refractivity (Wildman–Crippen MR) is 72.0 cm³/mol. The number of aliphatic hydroxyl groups excluding tert-OH is 1. The first-order valence-electron chi connectivity index (χ1n) is 5.34. The molecule has 0 bridgehead atoms. The summed E-state index contributed by atoms with van der Waals surface area (Å²) < 4.78 is 15.7. The molecule has 0 spiro atoms. The monoisotopic (exact) mass is 277 g/mol. The Labute approximate surface area is 113 Å². The first kappa shape index (κ1) is 16.8. The van der Waals surface area contributed by atoms with Crippen molar-refractivity contribution in [3.05, 3.63) is 17.7 Å². The van der Waals surface area contributed by atoms with Gasteiger partial charge in [-0.25, -0.2) is 0 Å². The van der Waals surface area contributed by atoms with Gasteiger partial charge in [0, 0.05) is 24.8 Å². The van der Waals surface area contributed by atoms with Gasteiger partial charge in [0.15, 0.2) is 0 Å². The predicted octanol–water partition coefficient (Wildman–Crippen LogP) is 1.52. The summed E-state index contributed by atoms with van der Waals surface area (Å²) in [5, 5.41) is 8.94. The lowest BCUT2D eigenvalue weighted by atomic mass is 10.0. The molecule has 0 aliphatic carbocycles. The van der Waals surface area contributed by atoms with Gasteiger partial charge in [0.1, 0.15) is 17.2 Å². The molecule has 0 aromatic heterocycles. The van der Waals surface area contributed by atoms with E-state index in [1.807, 2.05) is 0 Å². The van der Waals surface area contributed by atoms with E-state index >= 15 is 0 Å². The van der Waals surface area contributed by atoms with Crippen LogP contribution in [0.25, 0.3) is 0 Å². The third-order valence-corrected chi connectivity index (χ3v) is 2.56. The summed E-state index contributed by atoms with van der Waals surface area (Å²) in [6, 6.07) is 3.15. The Morgan fingerprint density at radius 1 is 1.11 bits per heavy atom. The Balaban J connectivity index is 0.00000289. The second kappa shape index (κ2) is 8.02. The van der Waals surface area contributed by atoms with E-state index < -0.39 is 0 Å². The number of benzene rings is 1. The van der Waals surface area contributed by atoms with Gasteiger partial charge < -0.3 is 25.1 Å². The van der Waals surface area contributed by atoms with Crippen molar-refractivity contribution >= 4 is 12.4 Å². The second-order valence-electron chi connectivity index (χ2n) is 3.56. The zero-order valence-corrected chi connectivity index (χ0v) is 11.6. The van der Waals surface area contributed by atoms with E-state index in [1.165, 1.54) is 0 Å². The van der Waals surface area contributed by atoms with Crippen LogP contribution in [0.3, 0.4) is 0 Å². The maximum Gasteiger partial charge on any atom is 0.131 e. The summed E-state index contributed by atoms with van der Waals surface area (Å²) >= 11 is 0. The summed E-state index contributed by atoms with van der Waals surface area (Å²) in [6.07, 6.45) is 0.444. The van der Waals surface area contributed by atoms with Crippen LogP contribution in [0.2, 0.25) is 0 Å². The van der Waals surface area contributed by atoms with Crippen molar-refractivity contribution in [3.63, 3.8) is 0 Å². The van der Waals surface area contributed by atoms with E-state index in [9.17, 15) is 0 Å². The van der Waals surface area contributed by atoms with Crippen molar-refractivity contribution in [2.45, 2.75) is 12.5 Å². The van der Waals surface area contributed by atoms with Gasteiger partial charge in [-0.05, 0) is 6.42 Å². The van der Waals surface area contributed by atoms with Gasteiger partial charge in [0.2, 0.25) is 0 Å². The van der Waals surface area contributed by atoms with Gasteiger partial charge in [-0.3, -0.25) is 0 Å². The summed E-state index contributed by atoms with van der Waals surface area (Å²) in [5.74, 6) is 1.84. The highest BCUT2D eigenvalue weighted by atomic mass is 35.5. The van der Waals surface area contributed by atoms with Crippen LogP contribution in [0.4, 0.5) is 0 Å². The molecular formula is C12H20ClNO4. The minimum absolute atomic E-state index is 0. The molecule has 0 saturated heterocycles. The Morgan fingerprint density at radius 2 is 1.61 bits per heavy atom. The maximum absolute atomic E-state index is 8.94. The van der Waals surface area contributed by atoms with Crippen molar-refractivity contribution in [3.8, 4) is 17.2 Å². The van der Waals surface area contributed by atoms with Crippen LogP contribution in [0, 0.1) is 0 Å². The fourth-order valence-corrected chi connectivity index (χ4v) is 1.68. The van der Waals surface area contributed by atoms with Crippen LogP contribution >= 0.6 is 12.4 Å². The molecule has 0 aliphatic heterocycles. The molecule has 104 valence electrons. The van der Waals surface area contributed by atoms with Crippen molar-refractivity contribution < 1.29 is 19.3 Å². The molecule has 0 radical (unpaired) electrons. The van der Waals surface area contributed by atoms with E-state index in [2.05, 4.69) is 0 Å². The molecular weight excluding hydrogens is 258 g/mol. The fraction of sp³-hybridized carbons (Fsp3) is 0.500. The van der Waals surface area contributed by atoms with Gasteiger partial charge in [0.05, 0.1) is 26.9 Å². The van der Waals surface area contributed by atoms with E-state index in [0.29, 0.717) is 23.7 Å². The average Bonchev–Trinajstić information content (AvgIpc) is 2.37.